The van der Waals surface area contributed by atoms with E-state index in [2.05, 4.69) is 58.7 Å². The number of fused-ring (bicyclic) bond motifs is 2. The number of carbonyl (C=O) groups excluding carboxylic acids is 2. The number of halogens is 3. The number of rotatable bonds is 4. The summed E-state index contributed by atoms with van der Waals surface area (Å²) in [5.74, 6) is -2.28. The van der Waals surface area contributed by atoms with E-state index in [0.717, 1.165) is 4.47 Å². The molecule has 6 nitrogen and oxygen atoms in total. The number of nitrogens with zero attached hydrogens (tertiary/aromatic N) is 1. The maximum absolute atomic E-state index is 15.8. The Morgan fingerprint density at radius 2 is 1.90 bits per heavy atom. The van der Waals surface area contributed by atoms with Gasteiger partial charge < -0.3 is 16.0 Å². The van der Waals surface area contributed by atoms with Crippen LogP contribution in [0, 0.1) is 22.6 Å². The van der Waals surface area contributed by atoms with Gasteiger partial charge in [-0.3, -0.25) is 9.59 Å². The fourth-order valence-electron chi connectivity index (χ4n) is 6.00. The van der Waals surface area contributed by atoms with Gasteiger partial charge in [0.1, 0.15) is 11.2 Å². The monoisotopic (exact) mass is 608 g/mol. The van der Waals surface area contributed by atoms with Crippen LogP contribution in [0.4, 0.5) is 15.8 Å². The molecule has 3 aromatic carbocycles. The molecule has 0 unspecified atom stereocenters. The van der Waals surface area contributed by atoms with Crippen molar-refractivity contribution in [1.82, 2.24) is 5.32 Å². The van der Waals surface area contributed by atoms with E-state index in [1.807, 2.05) is 18.2 Å². The van der Waals surface area contributed by atoms with Gasteiger partial charge in [-0.15, -0.1) is 0 Å². The Hall–Kier alpha value is -3.25. The molecule has 5 rings (SSSR count). The second-order valence-corrected chi connectivity index (χ2v) is 12.6. The van der Waals surface area contributed by atoms with Crippen LogP contribution in [0.25, 0.3) is 0 Å². The summed E-state index contributed by atoms with van der Waals surface area (Å²) in [6.45, 7) is 6.20. The normalized spacial score (nSPS) is 23.8. The van der Waals surface area contributed by atoms with E-state index in [4.69, 9.17) is 16.9 Å². The standard InChI is InChI=1S/C30H27BrClFN4O2/c1-29(2,3)14-23-30(20-12-9-17(31)13-22(20)36-28(30)39)24(19-5-4-6-21(32)25(19)33)26(37-23)27(38)35-18-10-7-16(15-34)8-11-18/h4-13,23-24,26,37H,14H2,1-3H3,(H,35,38)(H,36,39)/t23-,24-,26+,30+/m0/s1. The van der Waals surface area contributed by atoms with Crippen molar-refractivity contribution in [3.63, 3.8) is 0 Å². The van der Waals surface area contributed by atoms with Gasteiger partial charge in [-0.2, -0.15) is 5.26 Å². The Labute approximate surface area is 240 Å². The van der Waals surface area contributed by atoms with Crippen molar-refractivity contribution in [2.24, 2.45) is 5.41 Å². The predicted octanol–water partition coefficient (Wildman–Crippen LogP) is 6.50. The Morgan fingerprint density at radius 3 is 2.56 bits per heavy atom. The first-order valence-corrected chi connectivity index (χ1v) is 13.8. The molecule has 0 bridgehead atoms. The average molecular weight is 610 g/mol. The van der Waals surface area contributed by atoms with E-state index in [0.29, 0.717) is 28.9 Å². The number of nitriles is 1. The number of carbonyl (C=O) groups is 2. The van der Waals surface area contributed by atoms with E-state index in [9.17, 15) is 9.59 Å². The smallest absolute Gasteiger partial charge is 0.242 e. The molecule has 2 aliphatic rings. The number of anilines is 2. The van der Waals surface area contributed by atoms with E-state index in [-0.39, 0.29) is 21.9 Å². The lowest BCUT2D eigenvalue weighted by molar-refractivity contribution is -0.122. The largest absolute Gasteiger partial charge is 0.325 e. The average Bonchev–Trinajstić information content (AvgIpc) is 3.35. The molecule has 3 aromatic rings. The second kappa shape index (κ2) is 10.1. The summed E-state index contributed by atoms with van der Waals surface area (Å²) < 4.78 is 16.6. The van der Waals surface area contributed by atoms with Gasteiger partial charge >= 0.3 is 0 Å². The third-order valence-electron chi connectivity index (χ3n) is 7.50. The van der Waals surface area contributed by atoms with Crippen LogP contribution >= 0.6 is 27.5 Å². The molecule has 9 heteroatoms. The maximum atomic E-state index is 15.8. The van der Waals surface area contributed by atoms with Crippen molar-refractivity contribution in [2.45, 2.75) is 50.6 Å². The zero-order chi connectivity index (χ0) is 28.1. The van der Waals surface area contributed by atoms with Crippen LogP contribution in [0.15, 0.2) is 65.1 Å². The molecular weight excluding hydrogens is 583 g/mol. The van der Waals surface area contributed by atoms with Crippen LogP contribution in [0.5, 0.6) is 0 Å². The minimum atomic E-state index is -1.29. The fraction of sp³-hybridized carbons (Fsp3) is 0.300. The first kappa shape index (κ1) is 27.3. The van der Waals surface area contributed by atoms with Crippen LogP contribution in [0.2, 0.25) is 5.02 Å². The molecular formula is C30H27BrClFN4O2. The van der Waals surface area contributed by atoms with E-state index in [1.54, 1.807) is 36.4 Å². The summed E-state index contributed by atoms with van der Waals surface area (Å²) in [6, 6.07) is 17.3. The minimum absolute atomic E-state index is 0.0809. The first-order valence-electron chi connectivity index (χ1n) is 12.6. The van der Waals surface area contributed by atoms with E-state index >= 15 is 4.39 Å². The lowest BCUT2D eigenvalue weighted by atomic mass is 9.62. The van der Waals surface area contributed by atoms with Crippen molar-refractivity contribution in [3.8, 4) is 6.07 Å². The molecule has 0 saturated carbocycles. The predicted molar refractivity (Wildman–Crippen MR) is 153 cm³/mol. The van der Waals surface area contributed by atoms with Crippen LogP contribution in [-0.4, -0.2) is 23.9 Å². The van der Waals surface area contributed by atoms with Crippen molar-refractivity contribution >= 4 is 50.7 Å². The quantitative estimate of drug-likeness (QED) is 0.315. The summed E-state index contributed by atoms with van der Waals surface area (Å²) in [4.78, 5) is 28.1. The molecule has 2 amide bonds. The van der Waals surface area contributed by atoms with E-state index in [1.165, 1.54) is 6.07 Å². The highest BCUT2D eigenvalue weighted by molar-refractivity contribution is 9.10. The molecule has 3 N–H and O–H groups in total. The van der Waals surface area contributed by atoms with Gasteiger partial charge in [-0.1, -0.05) is 66.5 Å². The number of benzene rings is 3. The number of hydrogen-bond acceptors (Lipinski definition) is 4. The SMILES string of the molecule is CC(C)(C)C[C@@H]1N[C@@H](C(=O)Nc2ccc(C#N)cc2)[C@H](c2cccc(Cl)c2F)[C@]12C(=O)Nc1cc(Br)ccc12. The van der Waals surface area contributed by atoms with Crippen LogP contribution in [-0.2, 0) is 15.0 Å². The van der Waals surface area contributed by atoms with Crippen molar-refractivity contribution < 1.29 is 14.0 Å². The lowest BCUT2D eigenvalue weighted by Gasteiger charge is -2.37. The summed E-state index contributed by atoms with van der Waals surface area (Å²) in [5, 5.41) is 18.4. The molecule has 4 atom stereocenters. The molecule has 1 saturated heterocycles. The highest BCUT2D eigenvalue weighted by atomic mass is 79.9. The summed E-state index contributed by atoms with van der Waals surface area (Å²) >= 11 is 9.72. The zero-order valence-corrected chi connectivity index (χ0v) is 24.0. The number of nitrogens with one attached hydrogen (secondary N) is 3. The number of amides is 2. The van der Waals surface area contributed by atoms with Crippen molar-refractivity contribution in [3.05, 3.63) is 92.7 Å². The Balaban J connectivity index is 1.71. The van der Waals surface area contributed by atoms with E-state index < -0.39 is 35.1 Å². The van der Waals surface area contributed by atoms with Gasteiger partial charge in [-0.25, -0.2) is 4.39 Å². The Kier molecular flexibility index (Phi) is 7.04. The maximum Gasteiger partial charge on any atom is 0.242 e. The van der Waals surface area contributed by atoms with Crippen LogP contribution < -0.4 is 16.0 Å². The molecule has 2 heterocycles. The van der Waals surface area contributed by atoms with Gasteiger partial charge in [0.25, 0.3) is 0 Å². The molecule has 2 aliphatic heterocycles. The molecule has 39 heavy (non-hydrogen) atoms. The second-order valence-electron chi connectivity index (χ2n) is 11.3. The third kappa shape index (κ3) is 4.73. The fourth-order valence-corrected chi connectivity index (χ4v) is 6.54. The summed E-state index contributed by atoms with van der Waals surface area (Å²) in [6.07, 6.45) is 0.537. The van der Waals surface area contributed by atoms with Gasteiger partial charge in [-0.05, 0) is 65.4 Å². The molecule has 1 fully saturated rings. The Morgan fingerprint density at radius 1 is 1.18 bits per heavy atom. The van der Waals surface area contributed by atoms with Crippen molar-refractivity contribution in [2.75, 3.05) is 10.6 Å². The number of hydrogen-bond donors (Lipinski definition) is 3. The molecule has 0 aromatic heterocycles. The van der Waals surface area contributed by atoms with Gasteiger partial charge in [0.15, 0.2) is 0 Å². The molecule has 200 valence electrons. The highest BCUT2D eigenvalue weighted by Crippen LogP contribution is 2.57. The Bertz CT molecular complexity index is 1510. The summed E-state index contributed by atoms with van der Waals surface area (Å²) in [7, 11) is 0. The highest BCUT2D eigenvalue weighted by Gasteiger charge is 2.66. The van der Waals surface area contributed by atoms with Crippen LogP contribution in [0.3, 0.4) is 0 Å². The molecule has 0 radical (unpaired) electrons. The van der Waals surface area contributed by atoms with Crippen LogP contribution in [0.1, 0.15) is 49.8 Å². The van der Waals surface area contributed by atoms with Crippen molar-refractivity contribution in [1.29, 1.82) is 5.26 Å². The molecule has 1 spiro atoms. The van der Waals surface area contributed by atoms with Gasteiger partial charge in [0.05, 0.1) is 22.7 Å². The lowest BCUT2D eigenvalue weighted by Crippen LogP contribution is -2.49. The van der Waals surface area contributed by atoms with Gasteiger partial charge in [0.2, 0.25) is 11.8 Å². The first-order chi connectivity index (χ1) is 18.5. The third-order valence-corrected chi connectivity index (χ3v) is 8.29. The minimum Gasteiger partial charge on any atom is -0.325 e. The summed E-state index contributed by atoms with van der Waals surface area (Å²) in [5.41, 5.74) is 0.948. The molecule has 0 aliphatic carbocycles. The van der Waals surface area contributed by atoms with Gasteiger partial charge in [0, 0.05) is 27.8 Å². The topological polar surface area (TPSA) is 94.0 Å². The zero-order valence-electron chi connectivity index (χ0n) is 21.6.